The summed E-state index contributed by atoms with van der Waals surface area (Å²) in [6.45, 7) is 0. The summed E-state index contributed by atoms with van der Waals surface area (Å²) in [6.07, 6.45) is 1.39. The van der Waals surface area contributed by atoms with E-state index >= 15 is 0 Å². The van der Waals surface area contributed by atoms with Crippen molar-refractivity contribution in [2.24, 2.45) is 5.92 Å². The van der Waals surface area contributed by atoms with Crippen LogP contribution in [0.4, 0.5) is 11.4 Å². The number of anilines is 2. The summed E-state index contributed by atoms with van der Waals surface area (Å²) in [6, 6.07) is 12.7. The normalized spacial score (nSPS) is 19.0. The molecule has 0 saturated heterocycles. The molecule has 2 atom stereocenters. The van der Waals surface area contributed by atoms with Crippen molar-refractivity contribution in [3.8, 4) is 0 Å². The molecular weight excluding hydrogens is 506 g/mol. The van der Waals surface area contributed by atoms with Crippen LogP contribution in [0.1, 0.15) is 22.0 Å². The molecule has 2 unspecified atom stereocenters. The van der Waals surface area contributed by atoms with Crippen LogP contribution in [-0.2, 0) is 4.79 Å². The molecular formula is C21H13Cl5N2O3. The van der Waals surface area contributed by atoms with E-state index in [1.165, 1.54) is 18.4 Å². The standard InChI is InChI=1S/C21H13Cl5N2O3/c22-11-6-10(7-12(23)8-11)17-18(21(17,25)26)20(30)27-13-3-4-14(24)15(9-13)28-19(29)16-2-1-5-31-16/h1-9,17-18H,(H,27,30)(H,28,29). The lowest BCUT2D eigenvalue weighted by Gasteiger charge is -2.10. The van der Waals surface area contributed by atoms with Gasteiger partial charge >= 0.3 is 0 Å². The van der Waals surface area contributed by atoms with Gasteiger partial charge in [0.2, 0.25) is 5.91 Å². The van der Waals surface area contributed by atoms with Crippen LogP contribution < -0.4 is 10.6 Å². The number of amides is 2. The number of halogens is 5. The molecule has 0 bridgehead atoms. The fourth-order valence-electron chi connectivity index (χ4n) is 3.33. The van der Waals surface area contributed by atoms with E-state index < -0.39 is 28.0 Å². The fraction of sp³-hybridized carbons (Fsp3) is 0.143. The van der Waals surface area contributed by atoms with Gasteiger partial charge in [-0.1, -0.05) is 34.8 Å². The van der Waals surface area contributed by atoms with E-state index in [0.29, 0.717) is 32.0 Å². The van der Waals surface area contributed by atoms with Crippen LogP contribution in [0.5, 0.6) is 0 Å². The molecule has 5 nitrogen and oxygen atoms in total. The number of rotatable bonds is 5. The molecule has 2 N–H and O–H groups in total. The number of benzene rings is 2. The summed E-state index contributed by atoms with van der Waals surface area (Å²) in [4.78, 5) is 25.1. The van der Waals surface area contributed by atoms with Crippen molar-refractivity contribution >= 4 is 81.2 Å². The third kappa shape index (κ3) is 4.66. The largest absolute Gasteiger partial charge is 0.459 e. The number of hydrogen-bond acceptors (Lipinski definition) is 3. The third-order valence-corrected chi connectivity index (χ3v) is 6.51. The highest BCUT2D eigenvalue weighted by Crippen LogP contribution is 2.65. The smallest absolute Gasteiger partial charge is 0.291 e. The molecule has 0 radical (unpaired) electrons. The van der Waals surface area contributed by atoms with Crippen molar-refractivity contribution in [2.45, 2.75) is 10.3 Å². The summed E-state index contributed by atoms with van der Waals surface area (Å²) >= 11 is 31.1. The lowest BCUT2D eigenvalue weighted by Crippen LogP contribution is -2.17. The van der Waals surface area contributed by atoms with E-state index in [2.05, 4.69) is 10.6 Å². The van der Waals surface area contributed by atoms with Gasteiger partial charge < -0.3 is 15.1 Å². The summed E-state index contributed by atoms with van der Waals surface area (Å²) in [5.74, 6) is -1.94. The SMILES string of the molecule is O=C(Nc1cc(NC(=O)C2C(c3cc(Cl)cc(Cl)c3)C2(Cl)Cl)ccc1Cl)c1ccco1. The van der Waals surface area contributed by atoms with Crippen molar-refractivity contribution in [1.29, 1.82) is 0 Å². The second-order valence-electron chi connectivity index (χ2n) is 6.95. The van der Waals surface area contributed by atoms with Gasteiger partial charge in [-0.2, -0.15) is 0 Å². The zero-order chi connectivity index (χ0) is 22.3. The van der Waals surface area contributed by atoms with E-state index in [9.17, 15) is 9.59 Å². The molecule has 2 amide bonds. The first kappa shape index (κ1) is 22.3. The van der Waals surface area contributed by atoms with Gasteiger partial charge in [0.15, 0.2) is 5.76 Å². The minimum Gasteiger partial charge on any atom is -0.459 e. The highest BCUT2D eigenvalue weighted by atomic mass is 35.5. The Morgan fingerprint density at radius 2 is 1.65 bits per heavy atom. The maximum absolute atomic E-state index is 12.9. The van der Waals surface area contributed by atoms with E-state index in [0.717, 1.165) is 0 Å². The number of carbonyl (C=O) groups excluding carboxylic acids is 2. The van der Waals surface area contributed by atoms with E-state index in [4.69, 9.17) is 62.4 Å². The maximum Gasteiger partial charge on any atom is 0.291 e. The van der Waals surface area contributed by atoms with Crippen molar-refractivity contribution in [1.82, 2.24) is 0 Å². The van der Waals surface area contributed by atoms with Crippen LogP contribution in [0, 0.1) is 5.92 Å². The van der Waals surface area contributed by atoms with Gasteiger partial charge in [-0.3, -0.25) is 9.59 Å². The monoisotopic (exact) mass is 516 g/mol. The number of alkyl halides is 2. The maximum atomic E-state index is 12.9. The third-order valence-electron chi connectivity index (χ3n) is 4.81. The molecule has 0 spiro atoms. The molecule has 31 heavy (non-hydrogen) atoms. The molecule has 0 aliphatic heterocycles. The van der Waals surface area contributed by atoms with E-state index in [1.807, 2.05) is 0 Å². The Labute approximate surface area is 202 Å². The molecule has 2 aromatic carbocycles. The van der Waals surface area contributed by atoms with Crippen LogP contribution >= 0.6 is 58.0 Å². The van der Waals surface area contributed by atoms with Gasteiger partial charge in [0.05, 0.1) is 22.9 Å². The van der Waals surface area contributed by atoms with Crippen LogP contribution in [0.15, 0.2) is 59.2 Å². The van der Waals surface area contributed by atoms with Gasteiger partial charge in [0.1, 0.15) is 4.33 Å². The average Bonchev–Trinajstić information content (AvgIpc) is 3.04. The van der Waals surface area contributed by atoms with E-state index in [1.54, 1.807) is 36.4 Å². The number of hydrogen-bond donors (Lipinski definition) is 2. The summed E-state index contributed by atoms with van der Waals surface area (Å²) in [7, 11) is 0. The minimum atomic E-state index is -1.30. The lowest BCUT2D eigenvalue weighted by atomic mass is 10.1. The van der Waals surface area contributed by atoms with Crippen LogP contribution in [0.25, 0.3) is 0 Å². The van der Waals surface area contributed by atoms with Crippen LogP contribution in [0.3, 0.4) is 0 Å². The number of carbonyl (C=O) groups is 2. The Morgan fingerprint density at radius 1 is 0.935 bits per heavy atom. The Kier molecular flexibility index (Phi) is 6.16. The number of furan rings is 1. The quantitative estimate of drug-likeness (QED) is 0.357. The molecule has 1 saturated carbocycles. The van der Waals surface area contributed by atoms with Gasteiger partial charge in [0, 0.05) is 21.7 Å². The van der Waals surface area contributed by atoms with Gasteiger partial charge in [0.25, 0.3) is 5.91 Å². The lowest BCUT2D eigenvalue weighted by molar-refractivity contribution is -0.117. The highest BCUT2D eigenvalue weighted by Gasteiger charge is 2.67. The molecule has 4 rings (SSSR count). The van der Waals surface area contributed by atoms with Crippen molar-refractivity contribution in [3.63, 3.8) is 0 Å². The average molecular weight is 519 g/mol. The first-order chi connectivity index (χ1) is 14.7. The summed E-state index contributed by atoms with van der Waals surface area (Å²) < 4.78 is 3.76. The second-order valence-corrected chi connectivity index (χ2v) is 9.67. The molecule has 10 heteroatoms. The zero-order valence-electron chi connectivity index (χ0n) is 15.5. The van der Waals surface area contributed by atoms with Crippen molar-refractivity contribution in [3.05, 3.63) is 81.2 Å². The highest BCUT2D eigenvalue weighted by molar-refractivity contribution is 6.53. The van der Waals surface area contributed by atoms with Crippen LogP contribution in [-0.4, -0.2) is 16.1 Å². The van der Waals surface area contributed by atoms with Gasteiger partial charge in [-0.15, -0.1) is 23.2 Å². The molecule has 1 aromatic heterocycles. The fourth-order valence-corrected chi connectivity index (χ4v) is 4.87. The molecule has 160 valence electrons. The van der Waals surface area contributed by atoms with Gasteiger partial charge in [-0.25, -0.2) is 0 Å². The molecule has 3 aromatic rings. The molecule has 1 heterocycles. The summed E-state index contributed by atoms with van der Waals surface area (Å²) in [5.41, 5.74) is 1.38. The Bertz CT molecular complexity index is 1140. The Morgan fingerprint density at radius 3 is 2.29 bits per heavy atom. The van der Waals surface area contributed by atoms with Crippen molar-refractivity contribution < 1.29 is 14.0 Å². The number of nitrogens with one attached hydrogen (secondary N) is 2. The molecule has 1 fully saturated rings. The predicted octanol–water partition coefficient (Wildman–Crippen LogP) is 7.02. The molecule has 1 aliphatic rings. The first-order valence-electron chi connectivity index (χ1n) is 8.96. The van der Waals surface area contributed by atoms with Crippen LogP contribution in [0.2, 0.25) is 15.1 Å². The Balaban J connectivity index is 1.50. The molecule has 1 aliphatic carbocycles. The second kappa shape index (κ2) is 8.57. The van der Waals surface area contributed by atoms with E-state index in [-0.39, 0.29) is 5.76 Å². The topological polar surface area (TPSA) is 71.3 Å². The van der Waals surface area contributed by atoms with Gasteiger partial charge in [-0.05, 0) is 54.1 Å². The predicted molar refractivity (Wildman–Crippen MR) is 124 cm³/mol. The first-order valence-corrected chi connectivity index (χ1v) is 10.8. The minimum absolute atomic E-state index is 0.126. The summed E-state index contributed by atoms with van der Waals surface area (Å²) in [5, 5.41) is 6.53. The van der Waals surface area contributed by atoms with Crippen molar-refractivity contribution in [2.75, 3.05) is 10.6 Å². The zero-order valence-corrected chi connectivity index (χ0v) is 19.2. The Hall–Kier alpha value is -1.89.